The lowest BCUT2D eigenvalue weighted by molar-refractivity contribution is 1.58. The van der Waals surface area contributed by atoms with Gasteiger partial charge in [0.15, 0.2) is 0 Å². The molecular formula is C52H34S. The minimum atomic E-state index is -0.221. The number of rotatable bonds is 6. The molecule has 0 aliphatic heterocycles. The van der Waals surface area contributed by atoms with E-state index in [0.29, 0.717) is 5.56 Å². The van der Waals surface area contributed by atoms with Crippen molar-refractivity contribution < 1.29 is 5.48 Å². The van der Waals surface area contributed by atoms with E-state index in [0.717, 1.165) is 31.7 Å². The average molecular weight is 695 g/mol. The lowest BCUT2D eigenvalue weighted by Gasteiger charge is -2.19. The van der Waals surface area contributed by atoms with Gasteiger partial charge in [0.1, 0.15) is 0 Å². The summed E-state index contributed by atoms with van der Waals surface area (Å²) < 4.78 is 34.8. The topological polar surface area (TPSA) is 0 Å². The van der Waals surface area contributed by atoms with Gasteiger partial charge in [0.2, 0.25) is 0 Å². The molecule has 10 aromatic rings. The fraction of sp³-hybridized carbons (Fsp3) is 0. The molecule has 248 valence electrons. The van der Waals surface area contributed by atoms with Gasteiger partial charge < -0.3 is 0 Å². The number of hydrogen-bond acceptors (Lipinski definition) is 1. The van der Waals surface area contributed by atoms with Crippen molar-refractivity contribution in [2.24, 2.45) is 0 Å². The standard InChI is InChI=1S/C52H34S/c1-4-16-35(17-5-1)40-32-41(36-18-6-2-7-19-36)34-42(33-40)50-45-24-12-10-22-43(45)49(44-23-11-13-25-46(44)50)37-28-30-38(31-29-37)51-47-26-14-15-27-48(47)53-52(51)39-20-8-3-9-21-39/h1-34H/i3D,8D,9D,20D. The molecule has 0 aliphatic carbocycles. The first-order valence-electron chi connectivity index (χ1n) is 19.8. The van der Waals surface area contributed by atoms with Crippen molar-refractivity contribution in [2.75, 3.05) is 0 Å². The molecule has 0 fully saturated rings. The SMILES string of the molecule is [2H]c1cc(-c2sc3ccccc3c2-c2ccc(-c3c4ccccc4c(-c4cc(-c5ccccc5)cc(-c5ccccc5)c4)c4ccccc34)cc2)c([2H])c([2H])c1[2H]. The summed E-state index contributed by atoms with van der Waals surface area (Å²) in [6.07, 6.45) is 0. The fourth-order valence-electron chi connectivity index (χ4n) is 7.84. The van der Waals surface area contributed by atoms with Crippen LogP contribution in [0, 0.1) is 0 Å². The molecule has 1 heterocycles. The normalized spacial score (nSPS) is 12.5. The van der Waals surface area contributed by atoms with Gasteiger partial charge in [0.25, 0.3) is 0 Å². The Kier molecular flexibility index (Phi) is 6.77. The summed E-state index contributed by atoms with van der Waals surface area (Å²) in [5.74, 6) is 0. The molecule has 10 rings (SSSR count). The van der Waals surface area contributed by atoms with Crippen LogP contribution in [0.3, 0.4) is 0 Å². The van der Waals surface area contributed by atoms with Gasteiger partial charge in [-0.15, -0.1) is 11.3 Å². The summed E-state index contributed by atoms with van der Waals surface area (Å²) in [4.78, 5) is 0.837. The lowest BCUT2D eigenvalue weighted by atomic mass is 9.84. The number of thiophene rings is 1. The van der Waals surface area contributed by atoms with Crippen molar-refractivity contribution in [1.29, 1.82) is 0 Å². The summed E-state index contributed by atoms with van der Waals surface area (Å²) in [6, 6.07) is 63.6. The van der Waals surface area contributed by atoms with Crippen LogP contribution in [-0.2, 0) is 0 Å². The van der Waals surface area contributed by atoms with E-state index in [9.17, 15) is 0 Å². The first-order valence-corrected chi connectivity index (χ1v) is 18.7. The van der Waals surface area contributed by atoms with Crippen LogP contribution < -0.4 is 0 Å². The molecule has 0 saturated heterocycles. The van der Waals surface area contributed by atoms with E-state index in [-0.39, 0.29) is 24.2 Å². The Morgan fingerprint density at radius 3 is 1.32 bits per heavy atom. The second-order valence-electron chi connectivity index (χ2n) is 13.3. The van der Waals surface area contributed by atoms with E-state index < -0.39 is 0 Å². The number of hydrogen-bond donors (Lipinski definition) is 0. The third-order valence-electron chi connectivity index (χ3n) is 10.2. The van der Waals surface area contributed by atoms with Gasteiger partial charge in [-0.05, 0) is 101 Å². The van der Waals surface area contributed by atoms with E-state index in [2.05, 4.69) is 164 Å². The van der Waals surface area contributed by atoms with Gasteiger partial charge in [-0.25, -0.2) is 0 Å². The van der Waals surface area contributed by atoms with Gasteiger partial charge in [-0.2, -0.15) is 0 Å². The summed E-state index contributed by atoms with van der Waals surface area (Å²) in [6.45, 7) is 0. The van der Waals surface area contributed by atoms with Gasteiger partial charge in [0, 0.05) is 20.5 Å². The van der Waals surface area contributed by atoms with Crippen molar-refractivity contribution >= 4 is 43.0 Å². The highest BCUT2D eigenvalue weighted by Gasteiger charge is 2.20. The molecule has 1 heteroatoms. The third kappa shape index (κ3) is 5.54. The molecule has 0 radical (unpaired) electrons. The number of benzene rings is 9. The predicted molar refractivity (Wildman–Crippen MR) is 229 cm³/mol. The van der Waals surface area contributed by atoms with Crippen LogP contribution in [0.4, 0.5) is 0 Å². The maximum Gasteiger partial charge on any atom is 0.0630 e. The smallest absolute Gasteiger partial charge is 0.0630 e. The molecule has 9 aromatic carbocycles. The van der Waals surface area contributed by atoms with Crippen LogP contribution in [0.5, 0.6) is 0 Å². The maximum absolute atomic E-state index is 8.81. The largest absolute Gasteiger partial charge is 0.135 e. The van der Waals surface area contributed by atoms with Crippen LogP contribution in [0.15, 0.2) is 206 Å². The van der Waals surface area contributed by atoms with Gasteiger partial charge in [-0.3, -0.25) is 0 Å². The summed E-state index contributed by atoms with van der Waals surface area (Å²) in [5.41, 5.74) is 11.8. The second-order valence-corrected chi connectivity index (χ2v) is 14.4. The van der Waals surface area contributed by atoms with Crippen molar-refractivity contribution in [1.82, 2.24) is 0 Å². The average Bonchev–Trinajstić information content (AvgIpc) is 3.66. The maximum atomic E-state index is 8.81. The van der Waals surface area contributed by atoms with E-state index in [1.54, 1.807) is 17.4 Å². The van der Waals surface area contributed by atoms with Gasteiger partial charge in [-0.1, -0.05) is 182 Å². The van der Waals surface area contributed by atoms with Crippen molar-refractivity contribution in [3.05, 3.63) is 206 Å². The minimum absolute atomic E-state index is 0.0244. The first-order chi connectivity index (χ1) is 27.9. The molecule has 0 unspecified atom stereocenters. The molecule has 53 heavy (non-hydrogen) atoms. The monoisotopic (exact) mass is 694 g/mol. The highest BCUT2D eigenvalue weighted by Crippen LogP contribution is 2.48. The Balaban J connectivity index is 1.17. The summed E-state index contributed by atoms with van der Waals surface area (Å²) in [5, 5.41) is 5.78. The molecule has 0 spiro atoms. The molecule has 0 saturated carbocycles. The molecule has 0 atom stereocenters. The molecule has 0 bridgehead atoms. The van der Waals surface area contributed by atoms with Gasteiger partial charge >= 0.3 is 0 Å². The highest BCUT2D eigenvalue weighted by atomic mass is 32.1. The van der Waals surface area contributed by atoms with Crippen molar-refractivity contribution in [3.63, 3.8) is 0 Å². The van der Waals surface area contributed by atoms with Crippen molar-refractivity contribution in [2.45, 2.75) is 0 Å². The van der Waals surface area contributed by atoms with E-state index in [4.69, 9.17) is 5.48 Å². The Bertz CT molecular complexity index is 3030. The Labute approximate surface area is 319 Å². The molecule has 0 aliphatic rings. The predicted octanol–water partition coefficient (Wildman–Crippen LogP) is 15.2. The fourth-order valence-corrected chi connectivity index (χ4v) is 9.04. The van der Waals surface area contributed by atoms with Crippen LogP contribution in [0.25, 0.3) is 97.7 Å². The van der Waals surface area contributed by atoms with E-state index in [1.807, 2.05) is 12.1 Å². The molecule has 1 aromatic heterocycles. The Morgan fingerprint density at radius 2 is 0.755 bits per heavy atom. The molecule has 0 N–H and O–H groups in total. The Hall–Kier alpha value is -6.54. The van der Waals surface area contributed by atoms with Crippen molar-refractivity contribution in [3.8, 4) is 66.1 Å². The van der Waals surface area contributed by atoms with Crippen LogP contribution in [0.1, 0.15) is 5.48 Å². The zero-order valence-electron chi connectivity index (χ0n) is 32.7. The first kappa shape index (κ1) is 27.2. The van der Waals surface area contributed by atoms with E-state index in [1.165, 1.54) is 60.5 Å². The van der Waals surface area contributed by atoms with Crippen LogP contribution in [0.2, 0.25) is 0 Å². The quantitative estimate of drug-likeness (QED) is 0.152. The summed E-state index contributed by atoms with van der Waals surface area (Å²) in [7, 11) is 0. The van der Waals surface area contributed by atoms with Gasteiger partial charge in [0.05, 0.1) is 5.48 Å². The molecule has 0 amide bonds. The third-order valence-corrected chi connectivity index (χ3v) is 11.4. The zero-order chi connectivity index (χ0) is 38.6. The lowest BCUT2D eigenvalue weighted by Crippen LogP contribution is -1.92. The minimum Gasteiger partial charge on any atom is -0.135 e. The van der Waals surface area contributed by atoms with E-state index >= 15 is 0 Å². The highest BCUT2D eigenvalue weighted by molar-refractivity contribution is 7.23. The van der Waals surface area contributed by atoms with Crippen LogP contribution >= 0.6 is 11.3 Å². The second kappa shape index (κ2) is 13.2. The molecular weight excluding hydrogens is 657 g/mol. The number of fused-ring (bicyclic) bond motifs is 3. The Morgan fingerprint density at radius 1 is 0.302 bits per heavy atom. The molecule has 0 nitrogen and oxygen atoms in total. The zero-order valence-corrected chi connectivity index (χ0v) is 29.5. The summed E-state index contributed by atoms with van der Waals surface area (Å²) >= 11 is 1.56. The van der Waals surface area contributed by atoms with Crippen LogP contribution in [-0.4, -0.2) is 0 Å².